The fourth-order valence-corrected chi connectivity index (χ4v) is 2.08. The van der Waals surface area contributed by atoms with Crippen molar-refractivity contribution in [1.82, 2.24) is 16.2 Å². The third-order valence-corrected chi connectivity index (χ3v) is 3.24. The number of hydrazine groups is 1. The Bertz CT molecular complexity index is 494. The molecule has 3 N–H and O–H groups in total. The molecule has 0 aliphatic heterocycles. The first-order chi connectivity index (χ1) is 9.43. The molecule has 110 valence electrons. The highest BCUT2D eigenvalue weighted by Crippen LogP contribution is 2.27. The SMILES string of the molecule is COc1ccc([C@@H](C)NCC(=O)NNC(C)=O)cc1Br. The van der Waals surface area contributed by atoms with Gasteiger partial charge in [-0.1, -0.05) is 6.07 Å². The second-order valence-electron chi connectivity index (χ2n) is 4.23. The van der Waals surface area contributed by atoms with Gasteiger partial charge in [-0.2, -0.15) is 0 Å². The average molecular weight is 344 g/mol. The predicted octanol–water partition coefficient (Wildman–Crippen LogP) is 1.28. The van der Waals surface area contributed by atoms with Crippen LogP contribution in [-0.2, 0) is 9.59 Å². The molecule has 0 radical (unpaired) electrons. The maximum Gasteiger partial charge on any atom is 0.252 e. The fourth-order valence-electron chi connectivity index (χ4n) is 1.52. The number of benzene rings is 1. The Hall–Kier alpha value is -1.60. The zero-order chi connectivity index (χ0) is 15.1. The largest absolute Gasteiger partial charge is 0.496 e. The van der Waals surface area contributed by atoms with Crippen molar-refractivity contribution in [1.29, 1.82) is 0 Å². The first-order valence-corrected chi connectivity index (χ1v) is 6.85. The van der Waals surface area contributed by atoms with E-state index in [0.29, 0.717) is 0 Å². The minimum Gasteiger partial charge on any atom is -0.496 e. The average Bonchev–Trinajstić information content (AvgIpc) is 2.42. The van der Waals surface area contributed by atoms with E-state index in [1.807, 2.05) is 25.1 Å². The number of hydrogen-bond acceptors (Lipinski definition) is 4. The Labute approximate surface area is 126 Å². The highest BCUT2D eigenvalue weighted by molar-refractivity contribution is 9.10. The van der Waals surface area contributed by atoms with Crippen molar-refractivity contribution in [2.24, 2.45) is 0 Å². The Morgan fingerprint density at radius 2 is 2.05 bits per heavy atom. The molecule has 0 spiro atoms. The number of amides is 2. The van der Waals surface area contributed by atoms with Gasteiger partial charge in [0.1, 0.15) is 5.75 Å². The van der Waals surface area contributed by atoms with E-state index >= 15 is 0 Å². The number of ether oxygens (including phenoxy) is 1. The summed E-state index contributed by atoms with van der Waals surface area (Å²) in [5.74, 6) is 0.134. The van der Waals surface area contributed by atoms with Crippen LogP contribution >= 0.6 is 15.9 Å². The standard InChI is InChI=1S/C13H18BrN3O3/c1-8(15-7-13(19)17-16-9(2)18)10-4-5-12(20-3)11(14)6-10/h4-6,8,15H,7H2,1-3H3,(H,16,18)(H,17,19)/t8-/m1/s1. The summed E-state index contributed by atoms with van der Waals surface area (Å²) in [6.45, 7) is 3.37. The second-order valence-corrected chi connectivity index (χ2v) is 5.08. The summed E-state index contributed by atoms with van der Waals surface area (Å²) in [5.41, 5.74) is 5.54. The van der Waals surface area contributed by atoms with Crippen LogP contribution in [0.5, 0.6) is 5.75 Å². The zero-order valence-electron chi connectivity index (χ0n) is 11.6. The quantitative estimate of drug-likeness (QED) is 0.703. The molecule has 0 aliphatic carbocycles. The molecule has 6 nitrogen and oxygen atoms in total. The lowest BCUT2D eigenvalue weighted by atomic mass is 10.1. The Morgan fingerprint density at radius 1 is 1.35 bits per heavy atom. The molecule has 1 aromatic rings. The van der Waals surface area contributed by atoms with Crippen molar-refractivity contribution in [3.05, 3.63) is 28.2 Å². The van der Waals surface area contributed by atoms with Crippen LogP contribution in [0.2, 0.25) is 0 Å². The molecule has 0 saturated carbocycles. The Balaban J connectivity index is 2.50. The molecular formula is C13H18BrN3O3. The molecule has 0 saturated heterocycles. The van der Waals surface area contributed by atoms with Crippen molar-refractivity contribution in [3.63, 3.8) is 0 Å². The van der Waals surface area contributed by atoms with Gasteiger partial charge < -0.3 is 10.1 Å². The highest BCUT2D eigenvalue weighted by Gasteiger charge is 2.10. The van der Waals surface area contributed by atoms with E-state index in [9.17, 15) is 9.59 Å². The van der Waals surface area contributed by atoms with Gasteiger partial charge in [0, 0.05) is 13.0 Å². The molecule has 2 amide bonds. The van der Waals surface area contributed by atoms with Gasteiger partial charge in [0.05, 0.1) is 18.1 Å². The van der Waals surface area contributed by atoms with Crippen molar-refractivity contribution in [2.75, 3.05) is 13.7 Å². The van der Waals surface area contributed by atoms with E-state index in [0.717, 1.165) is 15.8 Å². The third-order valence-electron chi connectivity index (χ3n) is 2.62. The van der Waals surface area contributed by atoms with Crippen LogP contribution in [-0.4, -0.2) is 25.5 Å². The van der Waals surface area contributed by atoms with Crippen LogP contribution in [0.25, 0.3) is 0 Å². The van der Waals surface area contributed by atoms with Crippen molar-refractivity contribution < 1.29 is 14.3 Å². The predicted molar refractivity (Wildman–Crippen MR) is 79.1 cm³/mol. The number of halogens is 1. The molecule has 1 atom stereocenters. The van der Waals surface area contributed by atoms with Gasteiger partial charge in [-0.3, -0.25) is 20.4 Å². The van der Waals surface area contributed by atoms with Crippen LogP contribution in [0.1, 0.15) is 25.5 Å². The number of hydrogen-bond donors (Lipinski definition) is 3. The smallest absolute Gasteiger partial charge is 0.252 e. The fraction of sp³-hybridized carbons (Fsp3) is 0.385. The molecule has 20 heavy (non-hydrogen) atoms. The number of nitrogens with one attached hydrogen (secondary N) is 3. The highest BCUT2D eigenvalue weighted by atomic mass is 79.9. The summed E-state index contributed by atoms with van der Waals surface area (Å²) < 4.78 is 6.02. The maximum atomic E-state index is 11.4. The van der Waals surface area contributed by atoms with Crippen molar-refractivity contribution >= 4 is 27.7 Å². The lowest BCUT2D eigenvalue weighted by Crippen LogP contribution is -2.44. The molecule has 7 heteroatoms. The zero-order valence-corrected chi connectivity index (χ0v) is 13.2. The van der Waals surface area contributed by atoms with Crippen molar-refractivity contribution in [3.8, 4) is 5.75 Å². The van der Waals surface area contributed by atoms with Crippen LogP contribution in [0, 0.1) is 0 Å². The molecule has 0 fully saturated rings. The van der Waals surface area contributed by atoms with Gasteiger partial charge in [0.2, 0.25) is 5.91 Å². The molecule has 1 aromatic carbocycles. The monoisotopic (exact) mass is 343 g/mol. The van der Waals surface area contributed by atoms with Crippen LogP contribution < -0.4 is 20.9 Å². The number of methoxy groups -OCH3 is 1. The van der Waals surface area contributed by atoms with E-state index in [1.165, 1.54) is 6.92 Å². The summed E-state index contributed by atoms with van der Waals surface area (Å²) in [4.78, 5) is 22.1. The van der Waals surface area contributed by atoms with Crippen LogP contribution in [0.4, 0.5) is 0 Å². The number of carbonyl (C=O) groups excluding carboxylic acids is 2. The van der Waals surface area contributed by atoms with Gasteiger partial charge in [-0.05, 0) is 40.5 Å². The summed E-state index contributed by atoms with van der Waals surface area (Å²) >= 11 is 3.42. The lowest BCUT2D eigenvalue weighted by molar-refractivity contribution is -0.127. The molecule has 0 unspecified atom stereocenters. The van der Waals surface area contributed by atoms with E-state index in [4.69, 9.17) is 4.74 Å². The van der Waals surface area contributed by atoms with E-state index < -0.39 is 0 Å². The van der Waals surface area contributed by atoms with Gasteiger partial charge in [0.25, 0.3) is 5.91 Å². The molecule has 0 aliphatic rings. The molecule has 0 bridgehead atoms. The van der Waals surface area contributed by atoms with E-state index in [1.54, 1.807) is 7.11 Å². The Kier molecular flexibility index (Phi) is 6.47. The van der Waals surface area contributed by atoms with Gasteiger partial charge in [0.15, 0.2) is 0 Å². The summed E-state index contributed by atoms with van der Waals surface area (Å²) in [6, 6.07) is 5.70. The minimum atomic E-state index is -0.314. The van der Waals surface area contributed by atoms with Crippen molar-refractivity contribution in [2.45, 2.75) is 19.9 Å². The topological polar surface area (TPSA) is 79.5 Å². The summed E-state index contributed by atoms with van der Waals surface area (Å²) in [5, 5.41) is 3.06. The van der Waals surface area contributed by atoms with Gasteiger partial charge >= 0.3 is 0 Å². The normalized spacial score (nSPS) is 11.6. The number of rotatable bonds is 5. The van der Waals surface area contributed by atoms with Gasteiger partial charge in [-0.15, -0.1) is 0 Å². The van der Waals surface area contributed by atoms with E-state index in [2.05, 4.69) is 32.1 Å². The van der Waals surface area contributed by atoms with E-state index in [-0.39, 0.29) is 24.4 Å². The number of carbonyl (C=O) groups is 2. The van der Waals surface area contributed by atoms with Crippen LogP contribution in [0.3, 0.4) is 0 Å². The second kappa shape index (κ2) is 7.86. The molecule has 0 aromatic heterocycles. The summed E-state index contributed by atoms with van der Waals surface area (Å²) in [6.07, 6.45) is 0. The van der Waals surface area contributed by atoms with Crippen LogP contribution in [0.15, 0.2) is 22.7 Å². The minimum absolute atomic E-state index is 0.0136. The third kappa shape index (κ3) is 5.18. The van der Waals surface area contributed by atoms with Gasteiger partial charge in [-0.25, -0.2) is 0 Å². The maximum absolute atomic E-state index is 11.4. The molecular weight excluding hydrogens is 326 g/mol. The summed E-state index contributed by atoms with van der Waals surface area (Å²) in [7, 11) is 1.60. The first kappa shape index (κ1) is 16.5. The first-order valence-electron chi connectivity index (χ1n) is 6.06. The molecule has 1 rings (SSSR count). The molecule has 0 heterocycles. The lowest BCUT2D eigenvalue weighted by Gasteiger charge is -2.15. The Morgan fingerprint density at radius 3 is 2.60 bits per heavy atom.